The van der Waals surface area contributed by atoms with Gasteiger partial charge in [0.05, 0.1) is 10.6 Å². The molecular weight excluding hydrogens is 366 g/mol. The summed E-state index contributed by atoms with van der Waals surface area (Å²) < 4.78 is 1.72. The minimum Gasteiger partial charge on any atom is -0.355 e. The first-order valence-corrected chi connectivity index (χ1v) is 11.1. The number of fused-ring (bicyclic) bond motifs is 3. The lowest BCUT2D eigenvalue weighted by molar-refractivity contribution is -0.120. The fourth-order valence-electron chi connectivity index (χ4n) is 3.38. The summed E-state index contributed by atoms with van der Waals surface area (Å²) in [5.41, 5.74) is 1.27. The van der Waals surface area contributed by atoms with Gasteiger partial charge in [-0.15, -0.1) is 11.3 Å². The number of amides is 1. The van der Waals surface area contributed by atoms with Crippen LogP contribution < -0.4 is 10.9 Å². The van der Waals surface area contributed by atoms with Gasteiger partial charge >= 0.3 is 0 Å². The molecule has 142 valence electrons. The third-order valence-electron chi connectivity index (χ3n) is 4.90. The summed E-state index contributed by atoms with van der Waals surface area (Å²) in [6.07, 6.45) is 4.06. The molecule has 0 spiro atoms. The molecule has 0 saturated heterocycles. The zero-order chi connectivity index (χ0) is 18.8. The number of thiophene rings is 1. The number of hydrogen-bond acceptors (Lipinski definition) is 5. The molecular formula is C19H27N3O2S2. The van der Waals surface area contributed by atoms with E-state index in [0.717, 1.165) is 35.9 Å². The lowest BCUT2D eigenvalue weighted by Crippen LogP contribution is -2.32. The highest BCUT2D eigenvalue weighted by Gasteiger charge is 2.25. The number of carbonyl (C=O) groups is 1. The third kappa shape index (κ3) is 3.69. The Hall–Kier alpha value is -1.34. The molecule has 2 unspecified atom stereocenters. The maximum atomic E-state index is 13.1. The van der Waals surface area contributed by atoms with Crippen molar-refractivity contribution < 1.29 is 4.79 Å². The van der Waals surface area contributed by atoms with Crippen LogP contribution in [0.3, 0.4) is 0 Å². The Bertz CT molecular complexity index is 872. The van der Waals surface area contributed by atoms with E-state index in [4.69, 9.17) is 4.98 Å². The van der Waals surface area contributed by atoms with Crippen LogP contribution in [0.15, 0.2) is 9.95 Å². The lowest BCUT2D eigenvalue weighted by Gasteiger charge is -2.18. The second kappa shape index (κ2) is 8.13. The third-order valence-corrected chi connectivity index (χ3v) is 7.14. The first-order valence-electron chi connectivity index (χ1n) is 9.45. The summed E-state index contributed by atoms with van der Waals surface area (Å²) in [6, 6.07) is 0. The average molecular weight is 394 g/mol. The van der Waals surface area contributed by atoms with E-state index < -0.39 is 0 Å². The number of thioether (sulfide) groups is 1. The van der Waals surface area contributed by atoms with Crippen molar-refractivity contribution in [1.82, 2.24) is 14.9 Å². The molecule has 0 bridgehead atoms. The van der Waals surface area contributed by atoms with Gasteiger partial charge in [0.15, 0.2) is 5.16 Å². The van der Waals surface area contributed by atoms with Crippen molar-refractivity contribution in [2.24, 2.45) is 5.92 Å². The smallest absolute Gasteiger partial charge is 0.263 e. The minimum absolute atomic E-state index is 0.00634. The van der Waals surface area contributed by atoms with E-state index in [1.165, 1.54) is 22.2 Å². The number of aromatic nitrogens is 2. The fourth-order valence-corrected chi connectivity index (χ4v) is 5.80. The van der Waals surface area contributed by atoms with Crippen LogP contribution in [0.4, 0.5) is 0 Å². The van der Waals surface area contributed by atoms with Crippen molar-refractivity contribution >= 4 is 39.2 Å². The van der Waals surface area contributed by atoms with Crippen LogP contribution in [0, 0.1) is 5.92 Å². The van der Waals surface area contributed by atoms with Crippen molar-refractivity contribution in [3.8, 4) is 0 Å². The van der Waals surface area contributed by atoms with Crippen LogP contribution >= 0.6 is 23.1 Å². The molecule has 2 aromatic rings. The van der Waals surface area contributed by atoms with Gasteiger partial charge < -0.3 is 5.32 Å². The normalized spacial score (nSPS) is 17.9. The van der Waals surface area contributed by atoms with E-state index in [9.17, 15) is 9.59 Å². The van der Waals surface area contributed by atoms with Crippen molar-refractivity contribution in [2.45, 2.75) is 70.3 Å². The summed E-state index contributed by atoms with van der Waals surface area (Å²) in [6.45, 7) is 9.36. The standard InChI is InChI=1S/C19H27N3O2S2/c1-5-9-20-16(23)12(4)25-19-21-17-15(18(24)22(19)6-2)13-8-7-11(3)10-14(13)26-17/h11-12H,5-10H2,1-4H3,(H,20,23). The molecule has 2 heterocycles. The minimum atomic E-state index is -0.279. The number of nitrogens with one attached hydrogen (secondary N) is 1. The lowest BCUT2D eigenvalue weighted by atomic mass is 9.89. The molecule has 2 aromatic heterocycles. The molecule has 1 amide bonds. The second-order valence-electron chi connectivity index (χ2n) is 7.03. The van der Waals surface area contributed by atoms with E-state index in [0.29, 0.717) is 24.2 Å². The first-order chi connectivity index (χ1) is 12.5. The first kappa shape index (κ1) is 19.4. The van der Waals surface area contributed by atoms with Gasteiger partial charge in [-0.25, -0.2) is 4.98 Å². The van der Waals surface area contributed by atoms with Crippen LogP contribution in [-0.2, 0) is 24.2 Å². The molecule has 1 aliphatic carbocycles. The molecule has 3 rings (SSSR count). The largest absolute Gasteiger partial charge is 0.355 e. The topological polar surface area (TPSA) is 64.0 Å². The van der Waals surface area contributed by atoms with Gasteiger partial charge in [0.25, 0.3) is 5.56 Å². The summed E-state index contributed by atoms with van der Waals surface area (Å²) in [7, 11) is 0. The van der Waals surface area contributed by atoms with E-state index >= 15 is 0 Å². The zero-order valence-electron chi connectivity index (χ0n) is 15.9. The van der Waals surface area contributed by atoms with Crippen LogP contribution in [0.2, 0.25) is 0 Å². The predicted octanol–water partition coefficient (Wildman–Crippen LogP) is 3.61. The molecule has 2 atom stereocenters. The summed E-state index contributed by atoms with van der Waals surface area (Å²) >= 11 is 3.04. The van der Waals surface area contributed by atoms with Gasteiger partial charge in [-0.3, -0.25) is 14.2 Å². The highest BCUT2D eigenvalue weighted by atomic mass is 32.2. The molecule has 26 heavy (non-hydrogen) atoms. The van der Waals surface area contributed by atoms with E-state index in [1.54, 1.807) is 15.9 Å². The van der Waals surface area contributed by atoms with Gasteiger partial charge in [-0.1, -0.05) is 25.6 Å². The maximum Gasteiger partial charge on any atom is 0.263 e. The fraction of sp³-hybridized carbons (Fsp3) is 0.632. The Balaban J connectivity index is 1.98. The maximum absolute atomic E-state index is 13.1. The van der Waals surface area contributed by atoms with Gasteiger partial charge in [-0.05, 0) is 51.0 Å². The van der Waals surface area contributed by atoms with Crippen molar-refractivity contribution in [1.29, 1.82) is 0 Å². The molecule has 0 radical (unpaired) electrons. The molecule has 7 heteroatoms. The summed E-state index contributed by atoms with van der Waals surface area (Å²) in [5, 5.41) is 4.09. The predicted molar refractivity (Wildman–Crippen MR) is 109 cm³/mol. The molecule has 0 aromatic carbocycles. The Kier molecular flexibility index (Phi) is 6.07. The molecule has 1 N–H and O–H groups in total. The quantitative estimate of drug-likeness (QED) is 0.601. The molecule has 0 fully saturated rings. The number of nitrogens with zero attached hydrogens (tertiary/aromatic N) is 2. The Labute approximate surface area is 162 Å². The SMILES string of the molecule is CCCNC(=O)C(C)Sc1nc2sc3c(c2c(=O)n1CC)CCC(C)C3. The van der Waals surface area contributed by atoms with Crippen molar-refractivity contribution in [2.75, 3.05) is 6.54 Å². The van der Waals surface area contributed by atoms with Gasteiger partial charge in [0, 0.05) is 18.0 Å². The molecule has 1 aliphatic rings. The van der Waals surface area contributed by atoms with Gasteiger partial charge in [0.1, 0.15) is 4.83 Å². The van der Waals surface area contributed by atoms with Gasteiger partial charge in [-0.2, -0.15) is 0 Å². The Morgan fingerprint density at radius 1 is 1.46 bits per heavy atom. The summed E-state index contributed by atoms with van der Waals surface area (Å²) in [5.74, 6) is 0.660. The van der Waals surface area contributed by atoms with Gasteiger partial charge in [0.2, 0.25) is 5.91 Å². The Morgan fingerprint density at radius 3 is 2.92 bits per heavy atom. The highest BCUT2D eigenvalue weighted by molar-refractivity contribution is 8.00. The average Bonchev–Trinajstić information content (AvgIpc) is 2.97. The Morgan fingerprint density at radius 2 is 2.23 bits per heavy atom. The van der Waals surface area contributed by atoms with E-state index in [1.807, 2.05) is 20.8 Å². The monoisotopic (exact) mass is 393 g/mol. The van der Waals surface area contributed by atoms with Crippen LogP contribution in [0.1, 0.15) is 51.0 Å². The number of aryl methyl sites for hydroxylation is 1. The number of rotatable bonds is 6. The van der Waals surface area contributed by atoms with Crippen LogP contribution in [-0.4, -0.2) is 27.3 Å². The van der Waals surface area contributed by atoms with E-state index in [2.05, 4.69) is 12.2 Å². The van der Waals surface area contributed by atoms with Crippen molar-refractivity contribution in [3.63, 3.8) is 0 Å². The second-order valence-corrected chi connectivity index (χ2v) is 9.42. The molecule has 5 nitrogen and oxygen atoms in total. The van der Waals surface area contributed by atoms with E-state index in [-0.39, 0.29) is 16.7 Å². The summed E-state index contributed by atoms with van der Waals surface area (Å²) in [4.78, 5) is 32.3. The molecule has 0 saturated carbocycles. The number of carbonyl (C=O) groups excluding carboxylic acids is 1. The number of hydrogen-bond donors (Lipinski definition) is 1. The van der Waals surface area contributed by atoms with Crippen LogP contribution in [0.25, 0.3) is 10.2 Å². The highest BCUT2D eigenvalue weighted by Crippen LogP contribution is 2.36. The van der Waals surface area contributed by atoms with Crippen molar-refractivity contribution in [3.05, 3.63) is 20.8 Å². The van der Waals surface area contributed by atoms with Crippen LogP contribution in [0.5, 0.6) is 0 Å². The molecule has 0 aliphatic heterocycles. The zero-order valence-corrected chi connectivity index (χ0v) is 17.6.